The molecule has 0 aliphatic heterocycles. The third-order valence-corrected chi connectivity index (χ3v) is 1.74. The van der Waals surface area contributed by atoms with Gasteiger partial charge in [-0.1, -0.05) is 25.5 Å². The standard InChI is InChI=1S/C8H14/c1-8-6-4-2-3-5-7-8/h4,6,8H,2-3,5,7H2,1H3/t8-/m0/s1. The van der Waals surface area contributed by atoms with Crippen LogP contribution in [0.1, 0.15) is 32.6 Å². The molecular formula is C8H14. The van der Waals surface area contributed by atoms with Crippen LogP contribution in [-0.4, -0.2) is 0 Å². The Morgan fingerprint density at radius 3 is 3.12 bits per heavy atom. The quantitative estimate of drug-likeness (QED) is 0.420. The molecule has 1 rings (SSSR count). The van der Waals surface area contributed by atoms with Gasteiger partial charge in [-0.2, -0.15) is 0 Å². The van der Waals surface area contributed by atoms with Crippen molar-refractivity contribution < 1.29 is 0 Å². The molecule has 0 spiro atoms. The minimum absolute atomic E-state index is 0.845. The number of allylic oxidation sites excluding steroid dienone is 2. The molecule has 1 aliphatic rings. The molecule has 0 fully saturated rings. The van der Waals surface area contributed by atoms with Crippen LogP contribution in [0.5, 0.6) is 0 Å². The molecule has 0 radical (unpaired) electrons. The Morgan fingerprint density at radius 2 is 2.25 bits per heavy atom. The van der Waals surface area contributed by atoms with E-state index in [1.807, 2.05) is 0 Å². The number of rotatable bonds is 0. The molecule has 0 amide bonds. The van der Waals surface area contributed by atoms with Crippen molar-refractivity contribution in [3.8, 4) is 0 Å². The predicted octanol–water partition coefficient (Wildman–Crippen LogP) is 2.75. The third kappa shape index (κ3) is 1.69. The average molecular weight is 110 g/mol. The molecule has 0 saturated carbocycles. The Labute approximate surface area is 51.6 Å². The third-order valence-electron chi connectivity index (χ3n) is 1.74. The molecule has 0 heteroatoms. The topological polar surface area (TPSA) is 0 Å². The SMILES string of the molecule is C[C@H]1C=CCCCC1. The molecule has 1 aliphatic carbocycles. The van der Waals surface area contributed by atoms with E-state index in [1.54, 1.807) is 0 Å². The summed E-state index contributed by atoms with van der Waals surface area (Å²) in [4.78, 5) is 0. The highest BCUT2D eigenvalue weighted by atomic mass is 14.0. The summed E-state index contributed by atoms with van der Waals surface area (Å²) in [6.07, 6.45) is 10.2. The van der Waals surface area contributed by atoms with Gasteiger partial charge in [0.15, 0.2) is 0 Å². The molecular weight excluding hydrogens is 96.1 g/mol. The summed E-state index contributed by atoms with van der Waals surface area (Å²) in [6, 6.07) is 0. The highest BCUT2D eigenvalue weighted by Gasteiger charge is 1.98. The molecule has 0 heterocycles. The van der Waals surface area contributed by atoms with E-state index in [0.717, 1.165) is 5.92 Å². The average Bonchev–Trinajstić information content (AvgIpc) is 1.94. The van der Waals surface area contributed by atoms with Crippen LogP contribution in [0.15, 0.2) is 12.2 Å². The Balaban J connectivity index is 2.33. The molecule has 8 heavy (non-hydrogen) atoms. The predicted molar refractivity (Wildman–Crippen MR) is 36.8 cm³/mol. The zero-order chi connectivity index (χ0) is 5.82. The fourth-order valence-electron chi connectivity index (χ4n) is 1.15. The smallest absolute Gasteiger partial charge is 0.0262 e. The van der Waals surface area contributed by atoms with E-state index in [-0.39, 0.29) is 0 Å². The van der Waals surface area contributed by atoms with Crippen molar-refractivity contribution in [2.45, 2.75) is 32.6 Å². The monoisotopic (exact) mass is 110 g/mol. The second-order valence-electron chi connectivity index (χ2n) is 2.69. The van der Waals surface area contributed by atoms with E-state index in [1.165, 1.54) is 25.7 Å². The van der Waals surface area contributed by atoms with E-state index in [9.17, 15) is 0 Å². The second-order valence-corrected chi connectivity index (χ2v) is 2.69. The van der Waals surface area contributed by atoms with Crippen molar-refractivity contribution in [3.63, 3.8) is 0 Å². The van der Waals surface area contributed by atoms with E-state index in [4.69, 9.17) is 0 Å². The van der Waals surface area contributed by atoms with Crippen LogP contribution in [-0.2, 0) is 0 Å². The molecule has 0 aromatic rings. The Bertz CT molecular complexity index is 82.0. The van der Waals surface area contributed by atoms with Crippen molar-refractivity contribution in [1.82, 2.24) is 0 Å². The lowest BCUT2D eigenvalue weighted by Crippen LogP contribution is -1.84. The Hall–Kier alpha value is -0.260. The highest BCUT2D eigenvalue weighted by Crippen LogP contribution is 2.15. The van der Waals surface area contributed by atoms with Gasteiger partial charge in [-0.15, -0.1) is 0 Å². The van der Waals surface area contributed by atoms with Crippen molar-refractivity contribution in [2.24, 2.45) is 5.92 Å². The maximum absolute atomic E-state index is 2.34. The molecule has 1 atom stereocenters. The first-order chi connectivity index (χ1) is 3.89. The van der Waals surface area contributed by atoms with Crippen molar-refractivity contribution in [2.75, 3.05) is 0 Å². The molecule has 46 valence electrons. The lowest BCUT2D eigenvalue weighted by molar-refractivity contribution is 0.605. The fourth-order valence-corrected chi connectivity index (χ4v) is 1.15. The van der Waals surface area contributed by atoms with E-state index < -0.39 is 0 Å². The summed E-state index contributed by atoms with van der Waals surface area (Å²) in [7, 11) is 0. The van der Waals surface area contributed by atoms with Gasteiger partial charge in [0.1, 0.15) is 0 Å². The Morgan fingerprint density at radius 1 is 1.38 bits per heavy atom. The summed E-state index contributed by atoms with van der Waals surface area (Å²) in [5, 5.41) is 0. The zero-order valence-electron chi connectivity index (χ0n) is 5.56. The normalized spacial score (nSPS) is 29.9. The summed E-state index contributed by atoms with van der Waals surface area (Å²) in [6.45, 7) is 2.29. The van der Waals surface area contributed by atoms with Gasteiger partial charge in [0.25, 0.3) is 0 Å². The van der Waals surface area contributed by atoms with Crippen LogP contribution in [0.2, 0.25) is 0 Å². The molecule has 0 aromatic heterocycles. The summed E-state index contributed by atoms with van der Waals surface area (Å²) in [5.41, 5.74) is 0. The number of hydrogen-bond donors (Lipinski definition) is 0. The molecule has 0 saturated heterocycles. The lowest BCUT2D eigenvalue weighted by Gasteiger charge is -1.98. The first-order valence-electron chi connectivity index (χ1n) is 3.56. The van der Waals surface area contributed by atoms with Crippen LogP contribution in [0.4, 0.5) is 0 Å². The summed E-state index contributed by atoms with van der Waals surface area (Å²) >= 11 is 0. The van der Waals surface area contributed by atoms with Crippen molar-refractivity contribution >= 4 is 0 Å². The van der Waals surface area contributed by atoms with Crippen LogP contribution in [0.3, 0.4) is 0 Å². The molecule has 0 bridgehead atoms. The minimum atomic E-state index is 0.845. The lowest BCUT2D eigenvalue weighted by atomic mass is 10.1. The van der Waals surface area contributed by atoms with Gasteiger partial charge in [-0.25, -0.2) is 0 Å². The first kappa shape index (κ1) is 5.87. The molecule has 0 aromatic carbocycles. The van der Waals surface area contributed by atoms with Gasteiger partial charge in [-0.05, 0) is 25.2 Å². The maximum atomic E-state index is 2.34. The first-order valence-corrected chi connectivity index (χ1v) is 3.56. The van der Waals surface area contributed by atoms with Gasteiger partial charge >= 0.3 is 0 Å². The zero-order valence-corrected chi connectivity index (χ0v) is 5.56. The van der Waals surface area contributed by atoms with Gasteiger partial charge < -0.3 is 0 Å². The van der Waals surface area contributed by atoms with Crippen molar-refractivity contribution in [1.29, 1.82) is 0 Å². The van der Waals surface area contributed by atoms with E-state index in [0.29, 0.717) is 0 Å². The summed E-state index contributed by atoms with van der Waals surface area (Å²) in [5.74, 6) is 0.845. The molecule has 0 N–H and O–H groups in total. The molecule has 0 nitrogen and oxygen atoms in total. The second kappa shape index (κ2) is 2.91. The van der Waals surface area contributed by atoms with E-state index in [2.05, 4.69) is 19.1 Å². The molecule has 0 unspecified atom stereocenters. The van der Waals surface area contributed by atoms with Gasteiger partial charge in [0, 0.05) is 0 Å². The van der Waals surface area contributed by atoms with Crippen LogP contribution in [0.25, 0.3) is 0 Å². The van der Waals surface area contributed by atoms with Gasteiger partial charge in [-0.3, -0.25) is 0 Å². The maximum Gasteiger partial charge on any atom is -0.0262 e. The van der Waals surface area contributed by atoms with Crippen LogP contribution < -0.4 is 0 Å². The fraction of sp³-hybridized carbons (Fsp3) is 0.750. The van der Waals surface area contributed by atoms with E-state index >= 15 is 0 Å². The highest BCUT2D eigenvalue weighted by molar-refractivity contribution is 4.88. The summed E-state index contributed by atoms with van der Waals surface area (Å²) < 4.78 is 0. The number of hydrogen-bond acceptors (Lipinski definition) is 0. The van der Waals surface area contributed by atoms with Crippen molar-refractivity contribution in [3.05, 3.63) is 12.2 Å². The Kier molecular flexibility index (Phi) is 2.13. The minimum Gasteiger partial charge on any atom is -0.0883 e. The van der Waals surface area contributed by atoms with Crippen LogP contribution >= 0.6 is 0 Å². The van der Waals surface area contributed by atoms with Gasteiger partial charge in [0.2, 0.25) is 0 Å². The largest absolute Gasteiger partial charge is 0.0883 e. The van der Waals surface area contributed by atoms with Gasteiger partial charge in [0.05, 0.1) is 0 Å². The van der Waals surface area contributed by atoms with Crippen LogP contribution in [0, 0.1) is 5.92 Å².